The molecule has 4 rings (SSSR count). The minimum Gasteiger partial charge on any atom is -0.390 e. The number of allylic oxidation sites excluding steroid dienone is 2. The second-order valence-electron chi connectivity index (χ2n) is 6.27. The Kier molecular flexibility index (Phi) is 4.29. The van der Waals surface area contributed by atoms with E-state index in [-0.39, 0.29) is 11.7 Å². The van der Waals surface area contributed by atoms with Gasteiger partial charge in [-0.2, -0.15) is 0 Å². The molecule has 2 aromatic carbocycles. The number of carbonyl (C=O) groups is 1. The Bertz CT molecular complexity index is 1010. The minimum atomic E-state index is -0.777. The first-order valence-corrected chi connectivity index (χ1v) is 8.42. The second kappa shape index (κ2) is 6.91. The van der Waals surface area contributed by atoms with Gasteiger partial charge in [-0.3, -0.25) is 4.79 Å². The van der Waals surface area contributed by atoms with Crippen molar-refractivity contribution in [3.05, 3.63) is 88.0 Å². The van der Waals surface area contributed by atoms with Crippen LogP contribution in [0.3, 0.4) is 0 Å². The molecule has 0 radical (unpaired) electrons. The van der Waals surface area contributed by atoms with Gasteiger partial charge in [0, 0.05) is 11.1 Å². The van der Waals surface area contributed by atoms with Gasteiger partial charge in [0.05, 0.1) is 10.2 Å². The summed E-state index contributed by atoms with van der Waals surface area (Å²) in [7, 11) is 0. The van der Waals surface area contributed by atoms with E-state index in [2.05, 4.69) is 15.4 Å². The highest BCUT2D eigenvalue weighted by atomic mass is 16.6. The highest BCUT2D eigenvalue weighted by Crippen LogP contribution is 2.41. The third-order valence-corrected chi connectivity index (χ3v) is 4.63. The fraction of sp³-hybridized carbons (Fsp3) is 0.158. The molecule has 1 aliphatic carbocycles. The minimum absolute atomic E-state index is 0.207. The lowest BCUT2D eigenvalue weighted by atomic mass is 9.78. The molecular weight excluding hydrogens is 346 g/mol. The van der Waals surface area contributed by atoms with E-state index in [1.54, 1.807) is 6.08 Å². The maximum atomic E-state index is 13.0. The first-order chi connectivity index (χ1) is 13.1. The quantitative estimate of drug-likeness (QED) is 0.523. The summed E-state index contributed by atoms with van der Waals surface area (Å²) in [5.74, 6) is -1.08. The molecule has 8 nitrogen and oxygen atoms in total. The normalized spacial score (nSPS) is 19.6. The molecule has 2 atom stereocenters. The molecule has 0 saturated heterocycles. The molecule has 134 valence electrons. The van der Waals surface area contributed by atoms with Crippen molar-refractivity contribution in [3.63, 3.8) is 0 Å². The van der Waals surface area contributed by atoms with Crippen molar-refractivity contribution in [2.75, 3.05) is 0 Å². The van der Waals surface area contributed by atoms with Gasteiger partial charge in [-0.25, -0.2) is 0 Å². The molecule has 3 aromatic rings. The Hall–Kier alpha value is -3.68. The summed E-state index contributed by atoms with van der Waals surface area (Å²) in [5.41, 5.74) is 2.83. The van der Waals surface area contributed by atoms with Gasteiger partial charge in [0.2, 0.25) is 0 Å². The van der Waals surface area contributed by atoms with Crippen LogP contribution in [-0.2, 0) is 4.79 Å². The summed E-state index contributed by atoms with van der Waals surface area (Å²) in [6.07, 6.45) is 2.16. The molecule has 0 aliphatic heterocycles. The van der Waals surface area contributed by atoms with Crippen molar-refractivity contribution in [1.29, 1.82) is 0 Å². The predicted octanol–water partition coefficient (Wildman–Crippen LogP) is 2.96. The molecule has 1 heterocycles. The zero-order chi connectivity index (χ0) is 18.8. The molecule has 0 saturated carbocycles. The van der Waals surface area contributed by atoms with Crippen LogP contribution in [0.1, 0.15) is 29.5 Å². The van der Waals surface area contributed by atoms with Crippen molar-refractivity contribution in [2.24, 2.45) is 0 Å². The Morgan fingerprint density at radius 2 is 1.70 bits per heavy atom. The molecule has 0 bridgehead atoms. The number of carbonyl (C=O) groups excluding carboxylic acids is 1. The third-order valence-electron chi connectivity index (χ3n) is 4.63. The van der Waals surface area contributed by atoms with Crippen LogP contribution < -0.4 is 0 Å². The van der Waals surface area contributed by atoms with Crippen LogP contribution in [0.2, 0.25) is 0 Å². The van der Waals surface area contributed by atoms with Gasteiger partial charge in [0.15, 0.2) is 11.8 Å². The highest BCUT2D eigenvalue weighted by Gasteiger charge is 2.39. The van der Waals surface area contributed by atoms with Crippen LogP contribution in [0, 0.1) is 10.1 Å². The lowest BCUT2D eigenvalue weighted by Gasteiger charge is -2.28. The van der Waals surface area contributed by atoms with E-state index < -0.39 is 16.9 Å². The monoisotopic (exact) mass is 361 g/mol. The lowest BCUT2D eigenvalue weighted by Crippen LogP contribution is -2.30. The molecule has 1 aliphatic rings. The second-order valence-corrected chi connectivity index (χ2v) is 6.27. The standard InChI is InChI=1S/C19H15N5O3/c25-17-12-15(13-7-3-1-4-8-13)11-16(14-9-5-2-6-10-14)18(17)23-21-19(20-22-23)24(26)27/h1-10,12,16,18H,11H2/t16-,18-/m1/s1. The Morgan fingerprint density at radius 1 is 1.04 bits per heavy atom. The number of aromatic nitrogens is 4. The highest BCUT2D eigenvalue weighted by molar-refractivity contribution is 6.01. The van der Waals surface area contributed by atoms with Crippen LogP contribution in [0.15, 0.2) is 66.7 Å². The molecule has 0 spiro atoms. The van der Waals surface area contributed by atoms with Crippen molar-refractivity contribution < 1.29 is 9.72 Å². The largest absolute Gasteiger partial charge is 0.514 e. The first-order valence-electron chi connectivity index (χ1n) is 8.42. The van der Waals surface area contributed by atoms with E-state index in [4.69, 9.17) is 0 Å². The average Bonchev–Trinajstić information content (AvgIpc) is 3.19. The fourth-order valence-electron chi connectivity index (χ4n) is 3.40. The van der Waals surface area contributed by atoms with E-state index in [1.165, 1.54) is 0 Å². The Morgan fingerprint density at radius 3 is 2.33 bits per heavy atom. The van der Waals surface area contributed by atoms with Gasteiger partial charge in [-0.1, -0.05) is 65.5 Å². The molecule has 27 heavy (non-hydrogen) atoms. The number of nitro groups is 1. The SMILES string of the molecule is O=C1C=C(c2ccccc2)C[C@H](c2ccccc2)[C@H]1n1nnc([N+](=O)[O-])n1. The fourth-order valence-corrected chi connectivity index (χ4v) is 3.40. The molecule has 8 heteroatoms. The summed E-state index contributed by atoms with van der Waals surface area (Å²) in [5, 5.41) is 21.9. The zero-order valence-electron chi connectivity index (χ0n) is 14.2. The Labute approximate surface area is 154 Å². The number of ketones is 1. The topological polar surface area (TPSA) is 104 Å². The molecule has 0 N–H and O–H groups in total. The first kappa shape index (κ1) is 16.8. The van der Waals surface area contributed by atoms with Crippen LogP contribution in [0.5, 0.6) is 0 Å². The van der Waals surface area contributed by atoms with E-state index >= 15 is 0 Å². The Balaban J connectivity index is 1.79. The summed E-state index contributed by atoms with van der Waals surface area (Å²) in [6.45, 7) is 0. The number of nitrogens with zero attached hydrogens (tertiary/aromatic N) is 5. The van der Waals surface area contributed by atoms with Crippen molar-refractivity contribution in [2.45, 2.75) is 18.4 Å². The lowest BCUT2D eigenvalue weighted by molar-refractivity contribution is -0.394. The average molecular weight is 361 g/mol. The van der Waals surface area contributed by atoms with Gasteiger partial charge in [-0.15, -0.1) is 0 Å². The van der Waals surface area contributed by atoms with E-state index in [0.29, 0.717) is 6.42 Å². The summed E-state index contributed by atoms with van der Waals surface area (Å²) < 4.78 is 0. The predicted molar refractivity (Wildman–Crippen MR) is 96.7 cm³/mol. The van der Waals surface area contributed by atoms with Crippen molar-refractivity contribution >= 4 is 17.3 Å². The van der Waals surface area contributed by atoms with Crippen LogP contribution in [0.25, 0.3) is 5.57 Å². The molecule has 0 amide bonds. The summed E-state index contributed by atoms with van der Waals surface area (Å²) in [6, 6.07) is 18.5. The number of rotatable bonds is 4. The maximum Gasteiger partial charge on any atom is 0.514 e. The smallest absolute Gasteiger partial charge is 0.390 e. The number of benzene rings is 2. The molecule has 0 fully saturated rings. The van der Waals surface area contributed by atoms with Crippen LogP contribution in [-0.4, -0.2) is 30.9 Å². The van der Waals surface area contributed by atoms with Crippen LogP contribution in [0.4, 0.5) is 5.95 Å². The maximum absolute atomic E-state index is 13.0. The number of hydrogen-bond donors (Lipinski definition) is 0. The number of hydrogen-bond acceptors (Lipinski definition) is 6. The number of tetrazole rings is 1. The van der Waals surface area contributed by atoms with Crippen molar-refractivity contribution in [3.8, 4) is 0 Å². The van der Waals surface area contributed by atoms with Crippen LogP contribution >= 0.6 is 0 Å². The summed E-state index contributed by atoms with van der Waals surface area (Å²) >= 11 is 0. The zero-order valence-corrected chi connectivity index (χ0v) is 14.2. The van der Waals surface area contributed by atoms with Gasteiger partial charge in [0.25, 0.3) is 0 Å². The van der Waals surface area contributed by atoms with Gasteiger partial charge in [0.1, 0.15) is 0 Å². The molecular formula is C19H15N5O3. The summed E-state index contributed by atoms with van der Waals surface area (Å²) in [4.78, 5) is 24.2. The third kappa shape index (κ3) is 3.24. The van der Waals surface area contributed by atoms with Gasteiger partial charge >= 0.3 is 5.95 Å². The molecule has 1 aromatic heterocycles. The van der Waals surface area contributed by atoms with Gasteiger partial charge in [-0.05, 0) is 34.1 Å². The van der Waals surface area contributed by atoms with Gasteiger partial charge < -0.3 is 10.1 Å². The van der Waals surface area contributed by atoms with E-state index in [1.807, 2.05) is 60.7 Å². The molecule has 0 unspecified atom stereocenters. The van der Waals surface area contributed by atoms with E-state index in [0.717, 1.165) is 21.5 Å². The van der Waals surface area contributed by atoms with E-state index in [9.17, 15) is 14.9 Å². The van der Waals surface area contributed by atoms with Crippen molar-refractivity contribution in [1.82, 2.24) is 20.2 Å².